The Hall–Kier alpha value is 0.280. The lowest BCUT2D eigenvalue weighted by Crippen LogP contribution is -2.24. The molecule has 2 aromatic rings. The van der Waals surface area contributed by atoms with Gasteiger partial charge >= 0.3 is 0 Å². The van der Waals surface area contributed by atoms with Gasteiger partial charge in [-0.1, -0.05) is 64.2 Å². The highest BCUT2D eigenvalue weighted by atomic mass is 79.9. The summed E-state index contributed by atoms with van der Waals surface area (Å²) in [6, 6.07) is 4.81. The predicted octanol–water partition coefficient (Wildman–Crippen LogP) is 9.05. The zero-order valence-electron chi connectivity index (χ0n) is 18.4. The molecule has 0 spiro atoms. The van der Waals surface area contributed by atoms with Crippen molar-refractivity contribution in [2.45, 2.75) is 95.3 Å². The maximum Gasteiger partial charge on any atom is 0.0708 e. The van der Waals surface area contributed by atoms with Crippen molar-refractivity contribution in [2.24, 2.45) is 0 Å². The number of aliphatic hydroxyl groups excluding tert-OH is 2. The molecule has 0 radical (unpaired) electrons. The molecule has 0 unspecified atom stereocenters. The van der Waals surface area contributed by atoms with Crippen molar-refractivity contribution in [1.29, 1.82) is 0 Å². The minimum Gasteiger partial charge on any atom is -0.396 e. The van der Waals surface area contributed by atoms with Gasteiger partial charge in [0, 0.05) is 28.4 Å². The number of fused-ring (bicyclic) bond motifs is 3. The van der Waals surface area contributed by atoms with Crippen LogP contribution in [0.1, 0.15) is 101 Å². The first-order valence-corrected chi connectivity index (χ1v) is 15.2. The van der Waals surface area contributed by atoms with Crippen LogP contribution in [0.4, 0.5) is 0 Å². The van der Waals surface area contributed by atoms with Gasteiger partial charge in [-0.2, -0.15) is 0 Å². The van der Waals surface area contributed by atoms with Crippen molar-refractivity contribution in [3.8, 4) is 9.75 Å². The fourth-order valence-corrected chi connectivity index (χ4v) is 8.63. The van der Waals surface area contributed by atoms with Gasteiger partial charge < -0.3 is 10.2 Å². The Bertz CT molecular complexity index is 733. The van der Waals surface area contributed by atoms with Crippen LogP contribution in [0, 0.1) is 0 Å². The Morgan fingerprint density at radius 2 is 0.935 bits per heavy atom. The second-order valence-electron chi connectivity index (χ2n) is 8.86. The summed E-state index contributed by atoms with van der Waals surface area (Å²) in [6.07, 6.45) is 16.8. The number of thiophene rings is 2. The van der Waals surface area contributed by atoms with E-state index in [0.29, 0.717) is 13.2 Å². The minimum absolute atomic E-state index is 0.173. The molecular formula is C25H36Br2O2S2. The van der Waals surface area contributed by atoms with E-state index >= 15 is 0 Å². The Morgan fingerprint density at radius 3 is 1.32 bits per heavy atom. The fraction of sp³-hybridized carbons (Fsp3) is 0.680. The zero-order valence-corrected chi connectivity index (χ0v) is 23.2. The van der Waals surface area contributed by atoms with Crippen molar-refractivity contribution in [2.75, 3.05) is 13.2 Å². The summed E-state index contributed by atoms with van der Waals surface area (Å²) in [5, 5.41) is 18.0. The number of unbranched alkanes of at least 4 members (excludes halogenated alkanes) is 10. The molecule has 3 rings (SSSR count). The molecule has 0 saturated heterocycles. The van der Waals surface area contributed by atoms with Crippen LogP contribution < -0.4 is 0 Å². The smallest absolute Gasteiger partial charge is 0.0708 e. The van der Waals surface area contributed by atoms with Crippen LogP contribution in [0.2, 0.25) is 0 Å². The molecule has 0 aliphatic heterocycles. The molecule has 0 aromatic carbocycles. The normalized spacial score (nSPS) is 14.2. The van der Waals surface area contributed by atoms with Crippen molar-refractivity contribution in [3.63, 3.8) is 0 Å². The number of aliphatic hydroxyl groups is 2. The summed E-state index contributed by atoms with van der Waals surface area (Å²) >= 11 is 11.3. The average Bonchev–Trinajstić information content (AvgIpc) is 3.38. The van der Waals surface area contributed by atoms with Crippen molar-refractivity contribution >= 4 is 54.5 Å². The summed E-state index contributed by atoms with van der Waals surface area (Å²) in [4.78, 5) is 2.98. The van der Waals surface area contributed by atoms with Crippen LogP contribution >= 0.6 is 54.5 Å². The van der Waals surface area contributed by atoms with Gasteiger partial charge in [0.15, 0.2) is 0 Å². The van der Waals surface area contributed by atoms with E-state index in [2.05, 4.69) is 44.0 Å². The van der Waals surface area contributed by atoms with E-state index < -0.39 is 0 Å². The lowest BCUT2D eigenvalue weighted by Gasteiger charge is -2.31. The van der Waals surface area contributed by atoms with Crippen molar-refractivity contribution in [1.82, 2.24) is 0 Å². The van der Waals surface area contributed by atoms with E-state index in [0.717, 1.165) is 25.7 Å². The SMILES string of the molecule is OCCCCCCCCC1(CCCCCCCCO)c2cc(Br)sc2-c2sc(Br)cc21. The molecule has 1 aliphatic rings. The quantitative estimate of drug-likeness (QED) is 0.191. The van der Waals surface area contributed by atoms with Crippen LogP contribution in [0.3, 0.4) is 0 Å². The van der Waals surface area contributed by atoms with Gasteiger partial charge in [0.05, 0.1) is 7.57 Å². The van der Waals surface area contributed by atoms with Gasteiger partial charge in [-0.15, -0.1) is 22.7 Å². The molecule has 2 N–H and O–H groups in total. The Morgan fingerprint density at radius 1 is 0.581 bits per heavy atom. The third-order valence-corrected chi connectivity index (χ3v) is 10.1. The van der Waals surface area contributed by atoms with Crippen molar-refractivity contribution in [3.05, 3.63) is 30.8 Å². The Labute approximate surface area is 212 Å². The molecule has 174 valence electrons. The summed E-state index contributed by atoms with van der Waals surface area (Å²) in [7, 11) is 0. The fourth-order valence-electron chi connectivity index (χ4n) is 5.07. The van der Waals surface area contributed by atoms with Gasteiger partial charge in [0.1, 0.15) is 0 Å². The third kappa shape index (κ3) is 6.66. The molecule has 1 aliphatic carbocycles. The molecule has 0 saturated carbocycles. The summed E-state index contributed by atoms with van der Waals surface area (Å²) in [6.45, 7) is 0.656. The lowest BCUT2D eigenvalue weighted by molar-refractivity contribution is 0.282. The van der Waals surface area contributed by atoms with Gasteiger partial charge in [-0.25, -0.2) is 0 Å². The number of halogens is 2. The van der Waals surface area contributed by atoms with Crippen LogP contribution in [-0.2, 0) is 5.41 Å². The van der Waals surface area contributed by atoms with Crippen LogP contribution in [0.25, 0.3) is 9.75 Å². The molecule has 0 atom stereocenters. The minimum atomic E-state index is 0.173. The summed E-state index contributed by atoms with van der Waals surface area (Å²) < 4.78 is 2.51. The predicted molar refractivity (Wildman–Crippen MR) is 143 cm³/mol. The molecule has 0 bridgehead atoms. The van der Waals surface area contributed by atoms with Crippen LogP contribution in [-0.4, -0.2) is 23.4 Å². The first kappa shape index (κ1) is 25.9. The van der Waals surface area contributed by atoms with Gasteiger partial charge in [-0.3, -0.25) is 0 Å². The van der Waals surface area contributed by atoms with Gasteiger partial charge in [0.2, 0.25) is 0 Å². The number of hydrogen-bond donors (Lipinski definition) is 2. The van der Waals surface area contributed by atoms with E-state index in [-0.39, 0.29) is 5.41 Å². The molecule has 6 heteroatoms. The van der Waals surface area contributed by atoms with Crippen molar-refractivity contribution < 1.29 is 10.2 Å². The van der Waals surface area contributed by atoms with E-state index in [1.165, 1.54) is 81.5 Å². The Kier molecular flexibility index (Phi) is 11.1. The topological polar surface area (TPSA) is 40.5 Å². The second kappa shape index (κ2) is 13.2. The van der Waals surface area contributed by atoms with Crippen LogP contribution in [0.5, 0.6) is 0 Å². The van der Waals surface area contributed by atoms with E-state index in [4.69, 9.17) is 10.2 Å². The van der Waals surface area contributed by atoms with Gasteiger partial charge in [-0.05, 0) is 80.8 Å². The zero-order chi connectivity index (χ0) is 22.1. The highest BCUT2D eigenvalue weighted by Gasteiger charge is 2.45. The second-order valence-corrected chi connectivity index (χ2v) is 13.7. The third-order valence-electron chi connectivity index (χ3n) is 6.66. The summed E-state index contributed by atoms with van der Waals surface area (Å²) in [5.41, 5.74) is 3.31. The molecular weight excluding hydrogens is 556 g/mol. The number of rotatable bonds is 16. The molecule has 2 heterocycles. The monoisotopic (exact) mass is 590 g/mol. The highest BCUT2D eigenvalue weighted by molar-refractivity contribution is 9.11. The highest BCUT2D eigenvalue weighted by Crippen LogP contribution is 2.60. The van der Waals surface area contributed by atoms with E-state index in [1.807, 2.05) is 22.7 Å². The lowest BCUT2D eigenvalue weighted by atomic mass is 9.71. The molecule has 2 nitrogen and oxygen atoms in total. The molecule has 2 aromatic heterocycles. The maximum atomic E-state index is 8.98. The van der Waals surface area contributed by atoms with E-state index in [1.54, 1.807) is 11.1 Å². The standard InChI is InChI=1S/C25H36Br2O2S2/c26-21-17-19-23(30-21)24-20(18-22(27)31-24)25(19,13-9-5-1-3-7-11-15-28)14-10-6-2-4-8-12-16-29/h17-18,28-29H,1-16H2. The van der Waals surface area contributed by atoms with Gasteiger partial charge in [0.25, 0.3) is 0 Å². The Balaban J connectivity index is 1.67. The maximum absolute atomic E-state index is 8.98. The van der Waals surface area contributed by atoms with E-state index in [9.17, 15) is 0 Å². The molecule has 31 heavy (non-hydrogen) atoms. The summed E-state index contributed by atoms with van der Waals surface area (Å²) in [5.74, 6) is 0. The largest absolute Gasteiger partial charge is 0.396 e. The first-order valence-electron chi connectivity index (χ1n) is 11.9. The number of hydrogen-bond acceptors (Lipinski definition) is 4. The molecule has 0 fully saturated rings. The van der Waals surface area contributed by atoms with Crippen LogP contribution in [0.15, 0.2) is 19.7 Å². The molecule has 0 amide bonds. The first-order chi connectivity index (χ1) is 15.1. The average molecular weight is 593 g/mol.